The Balaban J connectivity index is 1.40. The average Bonchev–Trinajstić information content (AvgIpc) is 3.20. The van der Waals surface area contributed by atoms with E-state index in [0.717, 1.165) is 33.9 Å². The molecule has 1 aromatic carbocycles. The number of ether oxygens (including phenoxy) is 1. The van der Waals surface area contributed by atoms with Crippen molar-refractivity contribution in [1.29, 1.82) is 0 Å². The second kappa shape index (κ2) is 10.1. The first kappa shape index (κ1) is 24.2. The van der Waals surface area contributed by atoms with Gasteiger partial charge in [-0.3, -0.25) is 9.69 Å². The Bertz CT molecular complexity index is 1220. The molecule has 8 nitrogen and oxygen atoms in total. The van der Waals surface area contributed by atoms with Crippen molar-refractivity contribution in [3.8, 4) is 0 Å². The lowest BCUT2D eigenvalue weighted by Crippen LogP contribution is -2.51. The van der Waals surface area contributed by atoms with Gasteiger partial charge in [0.15, 0.2) is 5.65 Å². The van der Waals surface area contributed by atoms with E-state index >= 15 is 0 Å². The molecule has 0 bridgehead atoms. The average molecular weight is 484 g/mol. The fourth-order valence-corrected chi connectivity index (χ4v) is 4.94. The number of halogens is 1. The second-order valence-electron chi connectivity index (χ2n) is 8.68. The van der Waals surface area contributed by atoms with E-state index in [1.165, 1.54) is 7.11 Å². The molecule has 1 aliphatic heterocycles. The Morgan fingerprint density at radius 1 is 1.12 bits per heavy atom. The number of hydrogen-bond donors (Lipinski definition) is 0. The Morgan fingerprint density at radius 2 is 1.82 bits per heavy atom. The largest absolute Gasteiger partial charge is 0.468 e. The molecule has 2 aromatic heterocycles. The van der Waals surface area contributed by atoms with Crippen molar-refractivity contribution in [3.05, 3.63) is 63.6 Å². The number of rotatable bonds is 6. The maximum absolute atomic E-state index is 13.0. The van der Waals surface area contributed by atoms with Gasteiger partial charge in [0.1, 0.15) is 6.04 Å². The lowest BCUT2D eigenvalue weighted by molar-refractivity contribution is -0.148. The first-order chi connectivity index (χ1) is 16.3. The zero-order chi connectivity index (χ0) is 24.4. The number of methoxy groups -OCH3 is 1. The van der Waals surface area contributed by atoms with Crippen LogP contribution in [0.25, 0.3) is 5.65 Å². The van der Waals surface area contributed by atoms with Crippen LogP contribution in [-0.2, 0) is 20.7 Å². The van der Waals surface area contributed by atoms with Crippen molar-refractivity contribution in [3.63, 3.8) is 0 Å². The first-order valence-electron chi connectivity index (χ1n) is 11.5. The molecule has 3 heterocycles. The van der Waals surface area contributed by atoms with Gasteiger partial charge in [0.05, 0.1) is 12.8 Å². The highest BCUT2D eigenvalue weighted by Gasteiger charge is 2.33. The minimum Gasteiger partial charge on any atom is -0.468 e. The number of aryl methyl sites for hydroxylation is 3. The summed E-state index contributed by atoms with van der Waals surface area (Å²) in [4.78, 5) is 34.1. The van der Waals surface area contributed by atoms with Gasteiger partial charge < -0.3 is 9.64 Å². The number of carbonyl (C=O) groups is 2. The highest BCUT2D eigenvalue weighted by molar-refractivity contribution is 6.31. The summed E-state index contributed by atoms with van der Waals surface area (Å²) in [6.07, 6.45) is 1.02. The number of amides is 1. The third-order valence-electron chi connectivity index (χ3n) is 6.53. The molecule has 0 radical (unpaired) electrons. The molecular weight excluding hydrogens is 454 g/mol. The fourth-order valence-electron chi connectivity index (χ4n) is 4.70. The van der Waals surface area contributed by atoms with E-state index in [-0.39, 0.29) is 11.9 Å². The molecule has 0 N–H and O–H groups in total. The van der Waals surface area contributed by atoms with E-state index in [2.05, 4.69) is 10.1 Å². The Kier molecular flexibility index (Phi) is 7.19. The minimum absolute atomic E-state index is 0.0996. The predicted octanol–water partition coefficient (Wildman–Crippen LogP) is 3.30. The molecule has 0 aliphatic carbocycles. The van der Waals surface area contributed by atoms with E-state index < -0.39 is 6.04 Å². The summed E-state index contributed by atoms with van der Waals surface area (Å²) in [6.45, 7) is 8.17. The van der Waals surface area contributed by atoms with Gasteiger partial charge in [-0.1, -0.05) is 29.8 Å². The van der Waals surface area contributed by atoms with Crippen LogP contribution in [0.1, 0.15) is 40.7 Å². The van der Waals surface area contributed by atoms with Crippen LogP contribution in [0.2, 0.25) is 5.02 Å². The van der Waals surface area contributed by atoms with E-state index in [1.807, 2.05) is 59.4 Å². The molecule has 1 atom stereocenters. The maximum atomic E-state index is 13.0. The molecule has 1 amide bonds. The number of hydrogen-bond acceptors (Lipinski definition) is 6. The van der Waals surface area contributed by atoms with Crippen molar-refractivity contribution >= 4 is 29.1 Å². The molecule has 0 spiro atoms. The van der Waals surface area contributed by atoms with Crippen LogP contribution < -0.4 is 0 Å². The number of piperazine rings is 1. The smallest absolute Gasteiger partial charge is 0.327 e. The summed E-state index contributed by atoms with van der Waals surface area (Å²) >= 11 is 6.37. The fraction of sp³-hybridized carbons (Fsp3) is 0.440. The molecule has 1 aliphatic rings. The number of nitrogens with zero attached hydrogens (tertiary/aromatic N) is 5. The zero-order valence-electron chi connectivity index (χ0n) is 20.0. The lowest BCUT2D eigenvalue weighted by Gasteiger charge is -2.38. The summed E-state index contributed by atoms with van der Waals surface area (Å²) < 4.78 is 6.91. The predicted molar refractivity (Wildman–Crippen MR) is 130 cm³/mol. The van der Waals surface area contributed by atoms with Crippen molar-refractivity contribution in [2.45, 2.75) is 39.7 Å². The van der Waals surface area contributed by atoms with Gasteiger partial charge in [-0.25, -0.2) is 14.3 Å². The normalized spacial score (nSPS) is 15.5. The number of fused-ring (bicyclic) bond motifs is 1. The van der Waals surface area contributed by atoms with Gasteiger partial charge in [0, 0.05) is 55.1 Å². The molecule has 3 aromatic rings. The van der Waals surface area contributed by atoms with Crippen LogP contribution in [0, 0.1) is 20.8 Å². The van der Waals surface area contributed by atoms with Crippen LogP contribution in [0.5, 0.6) is 0 Å². The summed E-state index contributed by atoms with van der Waals surface area (Å²) in [5.74, 6) is -0.252. The Hall–Kier alpha value is -2.97. The number of carbonyl (C=O) groups excluding carboxylic acids is 2. The topological polar surface area (TPSA) is 80.0 Å². The van der Waals surface area contributed by atoms with Crippen molar-refractivity contribution < 1.29 is 14.3 Å². The van der Waals surface area contributed by atoms with Gasteiger partial charge in [-0.15, -0.1) is 0 Å². The summed E-state index contributed by atoms with van der Waals surface area (Å²) in [5.41, 5.74) is 5.49. The van der Waals surface area contributed by atoms with Gasteiger partial charge in [-0.05, 0) is 44.4 Å². The molecular formula is C25H30ClN5O3. The minimum atomic E-state index is -0.586. The summed E-state index contributed by atoms with van der Waals surface area (Å²) in [6, 6.07) is 8.68. The van der Waals surface area contributed by atoms with Crippen molar-refractivity contribution in [2.24, 2.45) is 0 Å². The van der Waals surface area contributed by atoms with E-state index in [4.69, 9.17) is 16.3 Å². The molecule has 4 rings (SSSR count). The van der Waals surface area contributed by atoms with Crippen LogP contribution >= 0.6 is 11.6 Å². The van der Waals surface area contributed by atoms with Crippen LogP contribution in [-0.4, -0.2) is 69.6 Å². The number of esters is 1. The SMILES string of the molecule is COC(=O)C(c1ccccc1Cl)N1CCN(C(=O)CCc2c(C)nc3cc(C)nn3c2C)CC1. The van der Waals surface area contributed by atoms with Crippen molar-refractivity contribution in [2.75, 3.05) is 33.3 Å². The molecule has 1 unspecified atom stereocenters. The van der Waals surface area contributed by atoms with Gasteiger partial charge in [0.25, 0.3) is 0 Å². The zero-order valence-corrected chi connectivity index (χ0v) is 20.8. The van der Waals surface area contributed by atoms with Gasteiger partial charge >= 0.3 is 5.97 Å². The highest BCUT2D eigenvalue weighted by atomic mass is 35.5. The second-order valence-corrected chi connectivity index (χ2v) is 9.09. The van der Waals surface area contributed by atoms with E-state index in [9.17, 15) is 9.59 Å². The molecule has 1 saturated heterocycles. The highest BCUT2D eigenvalue weighted by Crippen LogP contribution is 2.29. The molecule has 34 heavy (non-hydrogen) atoms. The van der Waals surface area contributed by atoms with Crippen LogP contribution in [0.3, 0.4) is 0 Å². The van der Waals surface area contributed by atoms with Gasteiger partial charge in [0.2, 0.25) is 5.91 Å². The summed E-state index contributed by atoms with van der Waals surface area (Å²) in [7, 11) is 1.38. The Morgan fingerprint density at radius 3 is 2.50 bits per heavy atom. The third-order valence-corrected chi connectivity index (χ3v) is 6.88. The first-order valence-corrected chi connectivity index (χ1v) is 11.8. The molecule has 9 heteroatoms. The Labute approximate surface area is 204 Å². The number of aromatic nitrogens is 3. The quantitative estimate of drug-likeness (QED) is 0.500. The third kappa shape index (κ3) is 4.79. The van der Waals surface area contributed by atoms with Crippen molar-refractivity contribution in [1.82, 2.24) is 24.4 Å². The lowest BCUT2D eigenvalue weighted by atomic mass is 10.0. The van der Waals surface area contributed by atoms with Crippen LogP contribution in [0.15, 0.2) is 30.3 Å². The molecule has 1 fully saturated rings. The van der Waals surface area contributed by atoms with E-state index in [0.29, 0.717) is 44.0 Å². The monoisotopic (exact) mass is 483 g/mol. The molecule has 180 valence electrons. The maximum Gasteiger partial charge on any atom is 0.327 e. The molecule has 0 saturated carbocycles. The standard InChI is InChI=1S/C25H30ClN5O3/c1-16-15-22-27-17(2)19(18(3)31(22)28-16)9-10-23(32)29-11-13-30(14-12-29)24(25(33)34-4)20-7-5-6-8-21(20)26/h5-8,15,24H,9-14H2,1-4H3. The van der Waals surface area contributed by atoms with Crippen LogP contribution in [0.4, 0.5) is 0 Å². The van der Waals surface area contributed by atoms with E-state index in [1.54, 1.807) is 6.07 Å². The number of benzene rings is 1. The summed E-state index contributed by atoms with van der Waals surface area (Å²) in [5, 5.41) is 5.04. The van der Waals surface area contributed by atoms with Gasteiger partial charge in [-0.2, -0.15) is 5.10 Å².